The topological polar surface area (TPSA) is 43.4 Å². The molecule has 17 heavy (non-hydrogen) atoms. The average Bonchev–Trinajstić information content (AvgIpc) is 2.15. The Labute approximate surface area is 104 Å². The molecule has 1 aromatic rings. The van der Waals surface area contributed by atoms with Crippen molar-refractivity contribution >= 4 is 18.4 Å². The van der Waals surface area contributed by atoms with Crippen molar-refractivity contribution < 1.29 is 12.3 Å². The minimum absolute atomic E-state index is 0.252. The van der Waals surface area contributed by atoms with E-state index in [1.54, 1.807) is 24.3 Å². The monoisotopic (exact) mass is 270 g/mol. The van der Waals surface area contributed by atoms with Gasteiger partial charge in [-0.05, 0) is 37.7 Å². The van der Waals surface area contributed by atoms with E-state index in [1.807, 2.05) is 25.7 Å². The molecule has 0 amide bonds. The molecule has 0 saturated heterocycles. The summed E-state index contributed by atoms with van der Waals surface area (Å²) in [5, 5.41) is 0. The van der Waals surface area contributed by atoms with E-state index in [4.69, 9.17) is 3.87 Å². The zero-order valence-corrected chi connectivity index (χ0v) is 12.3. The maximum Gasteiger partial charge on any atom is 0.287 e. The first-order chi connectivity index (χ1) is 7.76. The third-order valence-corrected chi connectivity index (χ3v) is 5.78. The largest absolute Gasteiger partial charge is 0.312 e. The first-order valence-corrected chi connectivity index (χ1v) is 10.2. The molecule has 0 radical (unpaired) electrons. The fourth-order valence-electron chi connectivity index (χ4n) is 1.45. The van der Waals surface area contributed by atoms with Crippen LogP contribution in [0.25, 0.3) is 0 Å². The van der Waals surface area contributed by atoms with E-state index >= 15 is 0 Å². The normalized spacial score (nSPS) is 12.4. The summed E-state index contributed by atoms with van der Waals surface area (Å²) in [5.74, 6) is 0. The predicted octanol–water partition coefficient (Wildman–Crippen LogP) is 2.96. The van der Waals surface area contributed by atoms with Crippen LogP contribution in [0.4, 0.5) is 0 Å². The first-order valence-electron chi connectivity index (χ1n) is 5.41. The van der Waals surface area contributed by atoms with Crippen molar-refractivity contribution in [3.63, 3.8) is 0 Å². The van der Waals surface area contributed by atoms with Crippen LogP contribution in [-0.2, 0) is 20.4 Å². The minimum atomic E-state index is -3.66. The molecule has 0 saturated carbocycles. The third-order valence-electron chi connectivity index (χ3n) is 1.97. The maximum atomic E-state index is 12.1. The average molecular weight is 270 g/mol. The van der Waals surface area contributed by atoms with Crippen LogP contribution in [0.2, 0.25) is 19.6 Å². The van der Waals surface area contributed by atoms with Crippen molar-refractivity contribution in [2.75, 3.05) is 0 Å². The van der Waals surface area contributed by atoms with Gasteiger partial charge in [-0.1, -0.05) is 24.3 Å². The summed E-state index contributed by atoms with van der Waals surface area (Å²) in [6.45, 7) is 9.17. The molecular formula is C12H18O3SSi. The Morgan fingerprint density at radius 3 is 2.41 bits per heavy atom. The van der Waals surface area contributed by atoms with Crippen LogP contribution >= 0.6 is 0 Å². The Morgan fingerprint density at radius 1 is 1.29 bits per heavy atom. The molecule has 0 aromatic heterocycles. The lowest BCUT2D eigenvalue weighted by Crippen LogP contribution is -2.29. The summed E-state index contributed by atoms with van der Waals surface area (Å²) in [6.07, 6.45) is 2.20. The fourth-order valence-corrected chi connectivity index (χ4v) is 5.16. The molecular weight excluding hydrogens is 252 g/mol. The quantitative estimate of drug-likeness (QED) is 0.610. The summed E-state index contributed by atoms with van der Waals surface area (Å²) in [4.78, 5) is 0.252. The van der Waals surface area contributed by atoms with Gasteiger partial charge in [0.05, 0.1) is 4.90 Å². The molecule has 0 spiro atoms. The number of allylic oxidation sites excluding steroid dienone is 1. The lowest BCUT2D eigenvalue weighted by Gasteiger charge is -2.18. The molecule has 1 aromatic carbocycles. The van der Waals surface area contributed by atoms with Gasteiger partial charge in [-0.25, -0.2) is 0 Å². The Bertz CT molecular complexity index is 501. The number of hydrogen-bond donors (Lipinski definition) is 0. The van der Waals surface area contributed by atoms with Crippen molar-refractivity contribution in [3.05, 3.63) is 42.5 Å². The van der Waals surface area contributed by atoms with Crippen LogP contribution in [0.1, 0.15) is 5.56 Å². The molecule has 0 heterocycles. The van der Waals surface area contributed by atoms with Gasteiger partial charge in [0.1, 0.15) is 0 Å². The highest BCUT2D eigenvalue weighted by Crippen LogP contribution is 2.22. The lowest BCUT2D eigenvalue weighted by molar-refractivity contribution is 0.485. The molecule has 0 fully saturated rings. The van der Waals surface area contributed by atoms with Crippen LogP contribution in [0.15, 0.2) is 41.8 Å². The molecule has 5 heteroatoms. The molecule has 3 nitrogen and oxygen atoms in total. The maximum absolute atomic E-state index is 12.1. The van der Waals surface area contributed by atoms with Crippen LogP contribution < -0.4 is 0 Å². The zero-order chi connectivity index (χ0) is 13.1. The smallest absolute Gasteiger partial charge is 0.287 e. The zero-order valence-electron chi connectivity index (χ0n) is 10.4. The van der Waals surface area contributed by atoms with Gasteiger partial charge in [-0.2, -0.15) is 8.42 Å². The van der Waals surface area contributed by atoms with Gasteiger partial charge in [0.25, 0.3) is 10.1 Å². The highest BCUT2D eigenvalue weighted by molar-refractivity contribution is 7.87. The number of rotatable bonds is 5. The van der Waals surface area contributed by atoms with E-state index in [0.717, 1.165) is 5.56 Å². The second-order valence-electron chi connectivity index (χ2n) is 4.75. The summed E-state index contributed by atoms with van der Waals surface area (Å²) in [7, 11) is -5.79. The van der Waals surface area contributed by atoms with E-state index in [9.17, 15) is 8.42 Å². The molecule has 94 valence electrons. The second kappa shape index (κ2) is 5.16. The second-order valence-corrected chi connectivity index (χ2v) is 11.0. The lowest BCUT2D eigenvalue weighted by atomic mass is 10.1. The summed E-state index contributed by atoms with van der Waals surface area (Å²) >= 11 is 0. The molecule has 0 aliphatic rings. The van der Waals surface area contributed by atoms with Gasteiger partial charge in [0, 0.05) is 0 Å². The Morgan fingerprint density at radius 2 is 1.88 bits per heavy atom. The van der Waals surface area contributed by atoms with Crippen LogP contribution in [0, 0.1) is 0 Å². The molecule has 0 atom stereocenters. The summed E-state index contributed by atoms with van der Waals surface area (Å²) in [5.41, 5.74) is 0.723. The van der Waals surface area contributed by atoms with Gasteiger partial charge < -0.3 is 3.87 Å². The van der Waals surface area contributed by atoms with Crippen LogP contribution in [0.5, 0.6) is 0 Å². The van der Waals surface area contributed by atoms with Gasteiger partial charge in [-0.15, -0.1) is 6.58 Å². The van der Waals surface area contributed by atoms with E-state index in [0.29, 0.717) is 6.42 Å². The van der Waals surface area contributed by atoms with E-state index < -0.39 is 18.4 Å². The summed E-state index contributed by atoms with van der Waals surface area (Å²) < 4.78 is 29.5. The molecule has 0 aliphatic carbocycles. The van der Waals surface area contributed by atoms with E-state index in [-0.39, 0.29) is 4.90 Å². The van der Waals surface area contributed by atoms with Crippen molar-refractivity contribution in [3.8, 4) is 0 Å². The highest BCUT2D eigenvalue weighted by Gasteiger charge is 2.27. The van der Waals surface area contributed by atoms with E-state index in [1.165, 1.54) is 0 Å². The highest BCUT2D eigenvalue weighted by atomic mass is 32.2. The molecule has 1 rings (SSSR count). The summed E-state index contributed by atoms with van der Waals surface area (Å²) in [6, 6.07) is 6.87. The van der Waals surface area contributed by atoms with Gasteiger partial charge in [0.15, 0.2) is 0 Å². The van der Waals surface area contributed by atoms with Crippen molar-refractivity contribution in [1.82, 2.24) is 0 Å². The number of hydrogen-bond acceptors (Lipinski definition) is 3. The fraction of sp³-hybridized carbons (Fsp3) is 0.333. The Hall–Kier alpha value is -0.913. The Balaban J connectivity index is 3.19. The first kappa shape index (κ1) is 14.1. The molecule has 0 N–H and O–H groups in total. The third kappa shape index (κ3) is 4.11. The SMILES string of the molecule is C=CCc1ccccc1S(=O)(=O)O[Si](C)(C)C. The number of benzene rings is 1. The van der Waals surface area contributed by atoms with Crippen molar-refractivity contribution in [2.24, 2.45) is 0 Å². The molecule has 0 bridgehead atoms. The molecule has 0 aliphatic heterocycles. The standard InChI is InChI=1S/C12H18O3SSi/c1-5-8-11-9-6-7-10-12(11)16(13,14)15-17(2,3)4/h5-7,9-10H,1,8H2,2-4H3. The van der Waals surface area contributed by atoms with Crippen LogP contribution in [-0.4, -0.2) is 16.7 Å². The van der Waals surface area contributed by atoms with E-state index in [2.05, 4.69) is 6.58 Å². The van der Waals surface area contributed by atoms with Crippen molar-refractivity contribution in [1.29, 1.82) is 0 Å². The molecule has 0 unspecified atom stereocenters. The van der Waals surface area contributed by atoms with Gasteiger partial charge in [0.2, 0.25) is 8.32 Å². The van der Waals surface area contributed by atoms with Gasteiger partial charge >= 0.3 is 0 Å². The van der Waals surface area contributed by atoms with Crippen LogP contribution in [0.3, 0.4) is 0 Å². The predicted molar refractivity (Wildman–Crippen MR) is 72.0 cm³/mol. The van der Waals surface area contributed by atoms with Crippen molar-refractivity contribution in [2.45, 2.75) is 31.0 Å². The minimum Gasteiger partial charge on any atom is -0.312 e. The van der Waals surface area contributed by atoms with Gasteiger partial charge in [-0.3, -0.25) is 0 Å². The Kier molecular flexibility index (Phi) is 4.29.